The molecule has 1 unspecified atom stereocenters. The van der Waals surface area contributed by atoms with Crippen molar-refractivity contribution in [3.05, 3.63) is 47.7 Å². The number of para-hydroxylation sites is 1. The van der Waals surface area contributed by atoms with Crippen LogP contribution in [0.15, 0.2) is 42.2 Å². The summed E-state index contributed by atoms with van der Waals surface area (Å²) in [5.74, 6) is -2.59. The van der Waals surface area contributed by atoms with Crippen LogP contribution in [0, 0.1) is 5.92 Å². The standard InChI is InChI=1S/C17H16O5/c1-3-21-15-7-5-4-6-12(15)8-9-13(18)16-14(19)10-11(2)22-17(16)20/h4-10,16H,3H2,1-2H3. The molecule has 1 atom stereocenters. The molecule has 0 bridgehead atoms. The Labute approximate surface area is 128 Å². The van der Waals surface area contributed by atoms with Gasteiger partial charge in [0.05, 0.1) is 6.61 Å². The van der Waals surface area contributed by atoms with Crippen LogP contribution in [-0.4, -0.2) is 24.1 Å². The molecule has 0 saturated heterocycles. The van der Waals surface area contributed by atoms with Crippen LogP contribution >= 0.6 is 0 Å². The third-order valence-corrected chi connectivity index (χ3v) is 3.06. The van der Waals surface area contributed by atoms with Gasteiger partial charge in [-0.2, -0.15) is 0 Å². The molecule has 1 aromatic rings. The Hall–Kier alpha value is -2.69. The summed E-state index contributed by atoms with van der Waals surface area (Å²) in [6.07, 6.45) is 3.89. The van der Waals surface area contributed by atoms with Gasteiger partial charge in [-0.05, 0) is 32.1 Å². The summed E-state index contributed by atoms with van der Waals surface area (Å²) in [6.45, 7) is 3.85. The molecule has 0 spiro atoms. The van der Waals surface area contributed by atoms with Gasteiger partial charge in [0.15, 0.2) is 17.5 Å². The van der Waals surface area contributed by atoms with Gasteiger partial charge in [0, 0.05) is 11.6 Å². The SMILES string of the molecule is CCOc1ccccc1C=CC(=O)C1C(=O)C=C(C)OC1=O. The first kappa shape index (κ1) is 15.7. The molecule has 0 radical (unpaired) electrons. The fraction of sp³-hybridized carbons (Fsp3) is 0.235. The Bertz CT molecular complexity index is 669. The number of ketones is 2. The van der Waals surface area contributed by atoms with E-state index in [0.29, 0.717) is 17.9 Å². The Morgan fingerprint density at radius 2 is 2.05 bits per heavy atom. The first-order valence-electron chi connectivity index (χ1n) is 6.90. The molecule has 0 amide bonds. The predicted octanol–water partition coefficient (Wildman–Crippen LogP) is 2.31. The Morgan fingerprint density at radius 3 is 2.73 bits per heavy atom. The van der Waals surface area contributed by atoms with Gasteiger partial charge < -0.3 is 9.47 Å². The molecule has 1 aliphatic heterocycles. The molecule has 0 N–H and O–H groups in total. The van der Waals surface area contributed by atoms with Crippen LogP contribution < -0.4 is 4.74 Å². The minimum absolute atomic E-state index is 0.199. The molecule has 0 aliphatic carbocycles. The van der Waals surface area contributed by atoms with Gasteiger partial charge in [0.1, 0.15) is 11.5 Å². The van der Waals surface area contributed by atoms with Gasteiger partial charge in [-0.1, -0.05) is 18.2 Å². The fourth-order valence-corrected chi connectivity index (χ4v) is 2.08. The van der Waals surface area contributed by atoms with Crippen molar-refractivity contribution in [2.75, 3.05) is 6.61 Å². The molecule has 1 aromatic carbocycles. The van der Waals surface area contributed by atoms with E-state index in [0.717, 1.165) is 6.08 Å². The molecule has 0 fully saturated rings. The molecule has 1 aliphatic rings. The lowest BCUT2D eigenvalue weighted by Crippen LogP contribution is -2.34. The minimum atomic E-state index is -1.42. The number of hydrogen-bond acceptors (Lipinski definition) is 5. The number of carbonyl (C=O) groups is 3. The third kappa shape index (κ3) is 3.49. The van der Waals surface area contributed by atoms with Crippen molar-refractivity contribution >= 4 is 23.6 Å². The molecule has 1 heterocycles. The van der Waals surface area contributed by atoms with Crippen molar-refractivity contribution in [1.29, 1.82) is 0 Å². The Kier molecular flexibility index (Phi) is 4.88. The summed E-state index contributed by atoms with van der Waals surface area (Å²) < 4.78 is 10.3. The number of hydrogen-bond donors (Lipinski definition) is 0. The number of esters is 1. The number of carbonyl (C=O) groups excluding carboxylic acids is 3. The van der Waals surface area contributed by atoms with E-state index in [2.05, 4.69) is 0 Å². The summed E-state index contributed by atoms with van der Waals surface area (Å²) in [5.41, 5.74) is 0.695. The number of benzene rings is 1. The van der Waals surface area contributed by atoms with Crippen molar-refractivity contribution in [2.45, 2.75) is 13.8 Å². The molecule has 5 nitrogen and oxygen atoms in total. The Balaban J connectivity index is 2.19. The largest absolute Gasteiger partial charge is 0.493 e. The van der Waals surface area contributed by atoms with Crippen LogP contribution in [0.1, 0.15) is 19.4 Å². The summed E-state index contributed by atoms with van der Waals surface area (Å²) in [4.78, 5) is 35.5. The lowest BCUT2D eigenvalue weighted by Gasteiger charge is -2.15. The molecular weight excluding hydrogens is 284 g/mol. The Morgan fingerprint density at radius 1 is 1.32 bits per heavy atom. The normalized spacial score (nSPS) is 18.1. The van der Waals surface area contributed by atoms with E-state index in [1.807, 2.05) is 13.0 Å². The van der Waals surface area contributed by atoms with E-state index in [9.17, 15) is 14.4 Å². The fourth-order valence-electron chi connectivity index (χ4n) is 2.08. The van der Waals surface area contributed by atoms with E-state index < -0.39 is 23.5 Å². The zero-order chi connectivity index (χ0) is 16.1. The van der Waals surface area contributed by atoms with E-state index in [4.69, 9.17) is 9.47 Å². The molecule has 0 saturated carbocycles. The first-order valence-corrected chi connectivity index (χ1v) is 6.90. The number of rotatable bonds is 5. The molecule has 22 heavy (non-hydrogen) atoms. The van der Waals surface area contributed by atoms with Crippen LogP contribution in [0.3, 0.4) is 0 Å². The highest BCUT2D eigenvalue weighted by atomic mass is 16.5. The summed E-state index contributed by atoms with van der Waals surface area (Å²) in [5, 5.41) is 0. The average Bonchev–Trinajstić information content (AvgIpc) is 2.45. The van der Waals surface area contributed by atoms with Crippen LogP contribution in [0.2, 0.25) is 0 Å². The van der Waals surface area contributed by atoms with E-state index >= 15 is 0 Å². The highest BCUT2D eigenvalue weighted by molar-refractivity contribution is 6.25. The van der Waals surface area contributed by atoms with Crippen LogP contribution in [0.4, 0.5) is 0 Å². The maximum Gasteiger partial charge on any atom is 0.329 e. The van der Waals surface area contributed by atoms with Gasteiger partial charge in [0.2, 0.25) is 0 Å². The van der Waals surface area contributed by atoms with E-state index in [1.54, 1.807) is 18.2 Å². The smallest absolute Gasteiger partial charge is 0.329 e. The van der Waals surface area contributed by atoms with E-state index in [1.165, 1.54) is 19.1 Å². The summed E-state index contributed by atoms with van der Waals surface area (Å²) in [7, 11) is 0. The summed E-state index contributed by atoms with van der Waals surface area (Å²) in [6, 6.07) is 7.18. The van der Waals surface area contributed by atoms with Crippen molar-refractivity contribution in [3.8, 4) is 5.75 Å². The van der Waals surface area contributed by atoms with Crippen molar-refractivity contribution in [3.63, 3.8) is 0 Å². The lowest BCUT2D eigenvalue weighted by atomic mass is 9.96. The quantitative estimate of drug-likeness (QED) is 0.474. The molecule has 0 aromatic heterocycles. The van der Waals surface area contributed by atoms with Gasteiger partial charge in [-0.3, -0.25) is 14.4 Å². The molecule has 2 rings (SSSR count). The molecule has 5 heteroatoms. The highest BCUT2D eigenvalue weighted by Crippen LogP contribution is 2.21. The van der Waals surface area contributed by atoms with Gasteiger partial charge in [-0.15, -0.1) is 0 Å². The summed E-state index contributed by atoms with van der Waals surface area (Å²) >= 11 is 0. The maximum atomic E-state index is 12.1. The zero-order valence-electron chi connectivity index (χ0n) is 12.4. The number of ether oxygens (including phenoxy) is 2. The van der Waals surface area contributed by atoms with Crippen LogP contribution in [0.25, 0.3) is 6.08 Å². The van der Waals surface area contributed by atoms with E-state index in [-0.39, 0.29) is 5.76 Å². The maximum absolute atomic E-state index is 12.1. The van der Waals surface area contributed by atoms with Gasteiger partial charge >= 0.3 is 5.97 Å². The van der Waals surface area contributed by atoms with Crippen LogP contribution in [-0.2, 0) is 19.1 Å². The second kappa shape index (κ2) is 6.85. The second-order valence-corrected chi connectivity index (χ2v) is 4.72. The third-order valence-electron chi connectivity index (χ3n) is 3.06. The molecular formula is C17H16O5. The van der Waals surface area contributed by atoms with Crippen molar-refractivity contribution < 1.29 is 23.9 Å². The monoisotopic (exact) mass is 300 g/mol. The first-order chi connectivity index (χ1) is 10.5. The highest BCUT2D eigenvalue weighted by Gasteiger charge is 2.36. The number of cyclic esters (lactones) is 1. The van der Waals surface area contributed by atoms with Crippen molar-refractivity contribution in [2.24, 2.45) is 5.92 Å². The second-order valence-electron chi connectivity index (χ2n) is 4.72. The van der Waals surface area contributed by atoms with Crippen LogP contribution in [0.5, 0.6) is 5.75 Å². The average molecular weight is 300 g/mol. The topological polar surface area (TPSA) is 69.7 Å². The minimum Gasteiger partial charge on any atom is -0.493 e. The molecule has 114 valence electrons. The van der Waals surface area contributed by atoms with Gasteiger partial charge in [0.25, 0.3) is 0 Å². The van der Waals surface area contributed by atoms with Crippen molar-refractivity contribution in [1.82, 2.24) is 0 Å². The zero-order valence-corrected chi connectivity index (χ0v) is 12.4. The number of allylic oxidation sites excluding steroid dienone is 3. The predicted molar refractivity (Wildman–Crippen MR) is 80.0 cm³/mol. The van der Waals surface area contributed by atoms with Gasteiger partial charge in [-0.25, -0.2) is 0 Å². The lowest BCUT2D eigenvalue weighted by molar-refractivity contribution is -0.151.